The number of anilines is 1. The Bertz CT molecular complexity index is 758. The van der Waals surface area contributed by atoms with Crippen molar-refractivity contribution in [3.63, 3.8) is 0 Å². The van der Waals surface area contributed by atoms with E-state index < -0.39 is 10.0 Å². The number of halogens is 1. The topological polar surface area (TPSA) is 40.6 Å². The van der Waals surface area contributed by atoms with E-state index >= 15 is 0 Å². The van der Waals surface area contributed by atoms with Crippen LogP contribution in [0.2, 0.25) is 5.02 Å². The summed E-state index contributed by atoms with van der Waals surface area (Å²) in [5, 5.41) is 0.414. The molecule has 4 nitrogen and oxygen atoms in total. The molecule has 0 aliphatic rings. The lowest BCUT2D eigenvalue weighted by Gasteiger charge is -2.21. The fourth-order valence-electron chi connectivity index (χ4n) is 2.25. The van der Waals surface area contributed by atoms with Crippen LogP contribution in [0.1, 0.15) is 12.5 Å². The molecule has 0 N–H and O–H groups in total. The molecule has 23 heavy (non-hydrogen) atoms. The van der Waals surface area contributed by atoms with Crippen molar-refractivity contribution >= 4 is 27.3 Å². The average molecular weight is 353 g/mol. The van der Waals surface area contributed by atoms with Crippen molar-refractivity contribution in [2.45, 2.75) is 18.4 Å². The minimum atomic E-state index is -3.56. The van der Waals surface area contributed by atoms with Gasteiger partial charge in [0, 0.05) is 37.9 Å². The van der Waals surface area contributed by atoms with E-state index in [-0.39, 0.29) is 4.90 Å². The largest absolute Gasteiger partial charge is 0.378 e. The summed E-state index contributed by atoms with van der Waals surface area (Å²) in [7, 11) is 0.379. The first kappa shape index (κ1) is 17.8. The first-order chi connectivity index (χ1) is 10.8. The molecule has 2 rings (SSSR count). The fraction of sp³-hybridized carbons (Fsp3) is 0.294. The molecule has 0 atom stereocenters. The number of sulfonamides is 1. The lowest BCUT2D eigenvalue weighted by atomic mass is 10.2. The smallest absolute Gasteiger partial charge is 0.243 e. The van der Waals surface area contributed by atoms with Crippen LogP contribution in [0.4, 0.5) is 5.69 Å². The predicted octanol–water partition coefficient (Wildman–Crippen LogP) is 3.62. The van der Waals surface area contributed by atoms with E-state index in [4.69, 9.17) is 11.6 Å². The maximum atomic E-state index is 12.8. The van der Waals surface area contributed by atoms with Crippen LogP contribution in [-0.4, -0.2) is 33.4 Å². The Balaban J connectivity index is 2.25. The molecular weight excluding hydrogens is 332 g/mol. The summed E-state index contributed by atoms with van der Waals surface area (Å²) in [6.45, 7) is 2.56. The number of hydrogen-bond donors (Lipinski definition) is 0. The molecule has 2 aromatic rings. The Hall–Kier alpha value is -1.56. The molecule has 0 aliphatic heterocycles. The molecule has 2 aromatic carbocycles. The highest BCUT2D eigenvalue weighted by Crippen LogP contribution is 2.22. The summed E-state index contributed by atoms with van der Waals surface area (Å²) in [6, 6.07) is 14.2. The molecular formula is C17H21ClN2O2S. The van der Waals surface area contributed by atoms with Crippen molar-refractivity contribution in [1.82, 2.24) is 4.31 Å². The van der Waals surface area contributed by atoms with E-state index in [1.165, 1.54) is 10.4 Å². The number of rotatable bonds is 6. The molecule has 0 unspecified atom stereocenters. The van der Waals surface area contributed by atoms with E-state index in [0.717, 1.165) is 11.3 Å². The van der Waals surface area contributed by atoms with Crippen molar-refractivity contribution in [3.05, 3.63) is 59.1 Å². The first-order valence-electron chi connectivity index (χ1n) is 7.36. The highest BCUT2D eigenvalue weighted by atomic mass is 35.5. The molecule has 0 heterocycles. The van der Waals surface area contributed by atoms with Gasteiger partial charge in [-0.1, -0.05) is 36.7 Å². The molecule has 0 radical (unpaired) electrons. The third-order valence-corrected chi connectivity index (χ3v) is 5.75. The van der Waals surface area contributed by atoms with Crippen LogP contribution in [0.25, 0.3) is 0 Å². The zero-order chi connectivity index (χ0) is 17.0. The summed E-state index contributed by atoms with van der Waals surface area (Å²) in [4.78, 5) is 2.22. The van der Waals surface area contributed by atoms with Crippen molar-refractivity contribution in [2.75, 3.05) is 25.5 Å². The van der Waals surface area contributed by atoms with Crippen molar-refractivity contribution in [3.8, 4) is 0 Å². The summed E-state index contributed by atoms with van der Waals surface area (Å²) < 4.78 is 27.0. The highest BCUT2D eigenvalue weighted by Gasteiger charge is 2.23. The number of hydrogen-bond acceptors (Lipinski definition) is 3. The molecule has 0 aromatic heterocycles. The van der Waals surface area contributed by atoms with Gasteiger partial charge < -0.3 is 4.90 Å². The minimum absolute atomic E-state index is 0.219. The predicted molar refractivity (Wildman–Crippen MR) is 95.5 cm³/mol. The molecule has 124 valence electrons. The Morgan fingerprint density at radius 2 is 1.70 bits per heavy atom. The summed E-state index contributed by atoms with van der Waals surface area (Å²) in [5.74, 6) is 0. The van der Waals surface area contributed by atoms with Gasteiger partial charge in [-0.2, -0.15) is 4.31 Å². The maximum absolute atomic E-state index is 12.8. The maximum Gasteiger partial charge on any atom is 0.243 e. The molecule has 0 saturated heterocycles. The second-order valence-electron chi connectivity index (χ2n) is 5.45. The van der Waals surface area contributed by atoms with Crippen molar-refractivity contribution < 1.29 is 8.42 Å². The Morgan fingerprint density at radius 1 is 1.04 bits per heavy atom. The normalized spacial score (nSPS) is 11.7. The summed E-state index contributed by atoms with van der Waals surface area (Å²) >= 11 is 5.92. The molecule has 0 spiro atoms. The quantitative estimate of drug-likeness (QED) is 0.797. The van der Waals surface area contributed by atoms with Crippen LogP contribution in [0.3, 0.4) is 0 Å². The van der Waals surface area contributed by atoms with Gasteiger partial charge in [-0.3, -0.25) is 0 Å². The molecule has 0 bridgehead atoms. The van der Waals surface area contributed by atoms with E-state index in [0.29, 0.717) is 18.1 Å². The highest BCUT2D eigenvalue weighted by molar-refractivity contribution is 7.89. The van der Waals surface area contributed by atoms with E-state index in [9.17, 15) is 8.42 Å². The third-order valence-electron chi connectivity index (χ3n) is 3.60. The summed E-state index contributed by atoms with van der Waals surface area (Å²) in [6.07, 6.45) is 0. The van der Waals surface area contributed by atoms with Crippen LogP contribution in [0.5, 0.6) is 0 Å². The van der Waals surface area contributed by atoms with Gasteiger partial charge >= 0.3 is 0 Å². The van der Waals surface area contributed by atoms with Gasteiger partial charge in [-0.25, -0.2) is 8.42 Å². The fourth-order valence-corrected chi connectivity index (χ4v) is 3.98. The van der Waals surface area contributed by atoms with Gasteiger partial charge in [0.1, 0.15) is 0 Å². The number of benzene rings is 2. The van der Waals surface area contributed by atoms with Gasteiger partial charge in [0.25, 0.3) is 0 Å². The lowest BCUT2D eigenvalue weighted by molar-refractivity contribution is 0.423. The summed E-state index contributed by atoms with van der Waals surface area (Å²) in [5.41, 5.74) is 2.03. The molecule has 0 aliphatic carbocycles. The van der Waals surface area contributed by atoms with Crippen LogP contribution in [0, 0.1) is 0 Å². The zero-order valence-corrected chi connectivity index (χ0v) is 15.1. The first-order valence-corrected chi connectivity index (χ1v) is 9.18. The van der Waals surface area contributed by atoms with Crippen LogP contribution >= 0.6 is 11.6 Å². The SMILES string of the molecule is CCN(Cc1ccc(N(C)C)cc1)S(=O)(=O)c1cccc(Cl)c1. The van der Waals surface area contributed by atoms with Crippen LogP contribution < -0.4 is 4.90 Å². The lowest BCUT2D eigenvalue weighted by Crippen LogP contribution is -2.30. The molecule has 0 saturated carbocycles. The number of nitrogens with zero attached hydrogens (tertiary/aromatic N) is 2. The minimum Gasteiger partial charge on any atom is -0.378 e. The van der Waals surface area contributed by atoms with E-state index in [2.05, 4.69) is 0 Å². The van der Waals surface area contributed by atoms with Gasteiger partial charge in [-0.15, -0.1) is 0 Å². The van der Waals surface area contributed by atoms with E-state index in [1.54, 1.807) is 18.2 Å². The second kappa shape index (κ2) is 7.34. The van der Waals surface area contributed by atoms with Gasteiger partial charge in [0.2, 0.25) is 10.0 Å². The zero-order valence-electron chi connectivity index (χ0n) is 13.5. The van der Waals surface area contributed by atoms with E-state index in [1.807, 2.05) is 50.2 Å². The molecule has 6 heteroatoms. The Labute approximate surface area is 143 Å². The third kappa shape index (κ3) is 4.25. The molecule has 0 fully saturated rings. The van der Waals surface area contributed by atoms with Crippen LogP contribution in [-0.2, 0) is 16.6 Å². The van der Waals surface area contributed by atoms with Gasteiger partial charge in [-0.05, 0) is 35.9 Å². The van der Waals surface area contributed by atoms with Crippen molar-refractivity contribution in [1.29, 1.82) is 0 Å². The van der Waals surface area contributed by atoms with Gasteiger partial charge in [0.05, 0.1) is 4.90 Å². The molecule has 0 amide bonds. The van der Waals surface area contributed by atoms with Gasteiger partial charge in [0.15, 0.2) is 0 Å². The Morgan fingerprint density at radius 3 is 2.22 bits per heavy atom. The monoisotopic (exact) mass is 352 g/mol. The Kier molecular flexibility index (Phi) is 5.68. The average Bonchev–Trinajstić information content (AvgIpc) is 2.52. The van der Waals surface area contributed by atoms with Crippen molar-refractivity contribution in [2.24, 2.45) is 0 Å². The van der Waals surface area contributed by atoms with Crippen LogP contribution in [0.15, 0.2) is 53.4 Å². The standard InChI is InChI=1S/C17H21ClN2O2S/c1-4-20(13-14-8-10-16(11-9-14)19(2)3)23(21,22)17-7-5-6-15(18)12-17/h5-12H,4,13H2,1-3H3. The second-order valence-corrected chi connectivity index (χ2v) is 7.82.